The van der Waals surface area contributed by atoms with Crippen LogP contribution in [0.5, 0.6) is 0 Å². The van der Waals surface area contributed by atoms with Crippen LogP contribution >= 0.6 is 0 Å². The number of rotatable bonds is 32. The van der Waals surface area contributed by atoms with E-state index in [1.807, 2.05) is 0 Å². The van der Waals surface area contributed by atoms with Gasteiger partial charge in [0.25, 0.3) is 0 Å². The van der Waals surface area contributed by atoms with Crippen LogP contribution in [0.2, 0.25) is 0 Å². The lowest BCUT2D eigenvalue weighted by Gasteiger charge is -2.05. The summed E-state index contributed by atoms with van der Waals surface area (Å²) in [5.74, 6) is 0. The molecule has 1 heterocycles. The Morgan fingerprint density at radius 2 is 0.681 bits per heavy atom. The zero-order chi connectivity index (χ0) is 33.4. The Morgan fingerprint density at radius 3 is 0.915 bits per heavy atom. The van der Waals surface area contributed by atoms with Gasteiger partial charge in [-0.15, -0.1) is 0 Å². The molecule has 0 amide bonds. The highest BCUT2D eigenvalue weighted by Crippen LogP contribution is 2.12. The van der Waals surface area contributed by atoms with Gasteiger partial charge < -0.3 is 21.8 Å². The van der Waals surface area contributed by atoms with E-state index in [9.17, 15) is 0 Å². The maximum atomic E-state index is 8.74. The second kappa shape index (κ2) is 47.3. The van der Waals surface area contributed by atoms with Crippen molar-refractivity contribution >= 4 is 10.4 Å². The lowest BCUT2D eigenvalue weighted by molar-refractivity contribution is 0.125. The molecule has 0 atom stereocenters. The predicted molar refractivity (Wildman–Crippen MR) is 205 cm³/mol. The monoisotopic (exact) mass is 695 g/mol. The third-order valence-corrected chi connectivity index (χ3v) is 7.81. The van der Waals surface area contributed by atoms with Gasteiger partial charge >= 0.3 is 10.4 Å². The highest BCUT2D eigenvalue weighted by Gasteiger charge is 1.95. The Hall–Kier alpha value is -0.810. The third-order valence-electron chi connectivity index (χ3n) is 7.81. The fraction of sp³-hybridized carbons (Fsp3) is 0.895. The molecule has 0 saturated carbocycles. The van der Waals surface area contributed by atoms with Crippen molar-refractivity contribution in [2.75, 3.05) is 26.4 Å². The molecule has 0 spiro atoms. The highest BCUT2D eigenvalue weighted by atomic mass is 32.3. The van der Waals surface area contributed by atoms with E-state index in [4.69, 9.17) is 22.3 Å². The fourth-order valence-corrected chi connectivity index (χ4v) is 5.01. The highest BCUT2D eigenvalue weighted by molar-refractivity contribution is 7.79. The number of unbranched alkanes of at least 4 members (excludes halogenated alkanes) is 24. The Labute approximate surface area is 293 Å². The average molecular weight is 695 g/mol. The first-order chi connectivity index (χ1) is 21.9. The first-order valence-corrected chi connectivity index (χ1v) is 20.5. The van der Waals surface area contributed by atoms with Crippen LogP contribution in [0.4, 0.5) is 0 Å². The van der Waals surface area contributed by atoms with E-state index in [2.05, 4.69) is 42.9 Å². The second-order valence-electron chi connectivity index (χ2n) is 12.5. The molecule has 1 saturated heterocycles. The summed E-state index contributed by atoms with van der Waals surface area (Å²) in [6.07, 6.45) is 48.1. The Morgan fingerprint density at radius 1 is 0.468 bits per heavy atom. The largest absolute Gasteiger partial charge is 0.394 e. The van der Waals surface area contributed by atoms with E-state index >= 15 is 0 Å². The third kappa shape index (κ3) is 72.1. The minimum absolute atomic E-state index is 0. The Kier molecular flexibility index (Phi) is 53.3. The molecule has 1 fully saturated rings. The molecule has 0 aromatic carbocycles. The molecule has 0 aromatic heterocycles. The molecule has 8 nitrogen and oxygen atoms in total. The van der Waals surface area contributed by atoms with Crippen molar-refractivity contribution in [3.8, 4) is 0 Å². The van der Waals surface area contributed by atoms with Crippen molar-refractivity contribution in [1.82, 2.24) is 12.3 Å². The van der Waals surface area contributed by atoms with Crippen molar-refractivity contribution in [2.45, 2.75) is 194 Å². The molecule has 1 aliphatic heterocycles. The van der Waals surface area contributed by atoms with E-state index in [-0.39, 0.29) is 12.3 Å². The maximum Gasteiger partial charge on any atom is 0.394 e. The molecular weight excluding hydrogens is 612 g/mol. The summed E-state index contributed by atoms with van der Waals surface area (Å²) in [4.78, 5) is 0. The summed E-state index contributed by atoms with van der Waals surface area (Å²) in [5, 5.41) is 0. The molecule has 0 unspecified atom stereocenters. The molecule has 1 rings (SSSR count). The quantitative estimate of drug-likeness (QED) is 0.0233. The number of epoxide rings is 1. The lowest BCUT2D eigenvalue weighted by Crippen LogP contribution is -1.97. The predicted octanol–water partition coefficient (Wildman–Crippen LogP) is 12.8. The Bertz CT molecular complexity index is 652. The molecule has 1 aliphatic rings. The molecule has 0 aromatic rings. The lowest BCUT2D eigenvalue weighted by atomic mass is 10.1. The van der Waals surface area contributed by atoms with Crippen molar-refractivity contribution in [2.24, 2.45) is 0 Å². The minimum atomic E-state index is -4.67. The van der Waals surface area contributed by atoms with Gasteiger partial charge in [-0.25, -0.2) is 0 Å². The minimum Gasteiger partial charge on any atom is -0.381 e. The molecular formula is C38H82N2O6S. The summed E-state index contributed by atoms with van der Waals surface area (Å²) in [6.45, 7) is 8.54. The molecule has 8 N–H and O–H groups in total. The summed E-state index contributed by atoms with van der Waals surface area (Å²) in [5.41, 5.74) is 0. The summed E-state index contributed by atoms with van der Waals surface area (Å²) < 4.78 is 41.9. The van der Waals surface area contributed by atoms with Crippen LogP contribution in [0.3, 0.4) is 0 Å². The van der Waals surface area contributed by atoms with Crippen molar-refractivity contribution in [3.05, 3.63) is 24.3 Å². The molecule has 0 radical (unpaired) electrons. The number of hydrogen-bond donors (Lipinski definition) is 4. The SMILES string of the molecule is C1CO1.CCCCCCCC/C=C\CCCCCCCCOCCCCCCCC/C=C\CCCCCCCC.N.N.O=S(=O)(O)O. The van der Waals surface area contributed by atoms with Gasteiger partial charge in [0.1, 0.15) is 0 Å². The summed E-state index contributed by atoms with van der Waals surface area (Å²) in [6, 6.07) is 0. The first kappa shape index (κ1) is 53.0. The van der Waals surface area contributed by atoms with E-state index in [0.717, 1.165) is 26.4 Å². The van der Waals surface area contributed by atoms with Crippen LogP contribution in [-0.4, -0.2) is 44.0 Å². The van der Waals surface area contributed by atoms with Crippen molar-refractivity contribution < 1.29 is 27.0 Å². The number of allylic oxidation sites excluding steroid dienone is 4. The number of ether oxygens (including phenoxy) is 2. The van der Waals surface area contributed by atoms with Crippen molar-refractivity contribution in [1.29, 1.82) is 0 Å². The van der Waals surface area contributed by atoms with E-state index in [1.165, 1.54) is 180 Å². The van der Waals surface area contributed by atoms with E-state index in [0.29, 0.717) is 0 Å². The van der Waals surface area contributed by atoms with Crippen LogP contribution in [0.15, 0.2) is 24.3 Å². The molecule has 0 bridgehead atoms. The van der Waals surface area contributed by atoms with Gasteiger partial charge in [0, 0.05) is 13.2 Å². The zero-order valence-electron chi connectivity index (χ0n) is 31.3. The van der Waals surface area contributed by atoms with E-state index in [1.54, 1.807) is 0 Å². The summed E-state index contributed by atoms with van der Waals surface area (Å²) >= 11 is 0. The van der Waals surface area contributed by atoms with Gasteiger partial charge in [0.2, 0.25) is 0 Å². The fourth-order valence-electron chi connectivity index (χ4n) is 5.01. The van der Waals surface area contributed by atoms with Gasteiger partial charge in [0.05, 0.1) is 13.2 Å². The van der Waals surface area contributed by atoms with Gasteiger partial charge in [-0.1, -0.05) is 154 Å². The normalized spacial score (nSPS) is 12.2. The van der Waals surface area contributed by atoms with Gasteiger partial charge in [-0.2, -0.15) is 8.42 Å². The molecule has 9 heteroatoms. The molecule has 286 valence electrons. The molecule has 0 aliphatic carbocycles. The van der Waals surface area contributed by atoms with Crippen LogP contribution in [-0.2, 0) is 19.9 Å². The molecule has 47 heavy (non-hydrogen) atoms. The van der Waals surface area contributed by atoms with Gasteiger partial charge in [-0.3, -0.25) is 9.11 Å². The second-order valence-corrected chi connectivity index (χ2v) is 13.4. The van der Waals surface area contributed by atoms with Crippen LogP contribution in [0.25, 0.3) is 0 Å². The topological polar surface area (TPSA) is 166 Å². The average Bonchev–Trinajstić information content (AvgIpc) is 3.89. The standard InChI is InChI=1S/C36H70O.C2H4O.2H3N.H2O4S/c1-3-5-7-9-11-13-15-17-19-21-23-25-27-29-31-33-35-37-36-34-32-30-28-26-24-22-20-18-16-14-12-10-8-6-4-2;1-2-3-1;;;1-5(2,3)4/h17-20H,3-16,21-36H2,1-2H3;1-2H2;2*1H3;(H2,1,2,3,4)/b19-17-,20-18-;;;;. The van der Waals surface area contributed by atoms with E-state index < -0.39 is 10.4 Å². The zero-order valence-corrected chi connectivity index (χ0v) is 32.1. The van der Waals surface area contributed by atoms with Crippen molar-refractivity contribution in [3.63, 3.8) is 0 Å². The van der Waals surface area contributed by atoms with Gasteiger partial charge in [0.15, 0.2) is 0 Å². The van der Waals surface area contributed by atoms with Crippen LogP contribution in [0.1, 0.15) is 194 Å². The Balaban J connectivity index is -0.000000809. The van der Waals surface area contributed by atoms with Gasteiger partial charge in [-0.05, 0) is 64.2 Å². The maximum absolute atomic E-state index is 8.74. The van der Waals surface area contributed by atoms with Crippen LogP contribution in [0, 0.1) is 0 Å². The summed E-state index contributed by atoms with van der Waals surface area (Å²) in [7, 11) is -4.67. The number of hydrogen-bond acceptors (Lipinski definition) is 6. The van der Waals surface area contributed by atoms with Crippen LogP contribution < -0.4 is 12.3 Å². The first-order valence-electron chi connectivity index (χ1n) is 19.1. The smallest absolute Gasteiger partial charge is 0.381 e.